The van der Waals surface area contributed by atoms with E-state index in [1.807, 2.05) is 0 Å². The molecule has 1 fully saturated rings. The fourth-order valence-corrected chi connectivity index (χ4v) is 2.98. The average Bonchev–Trinajstić information content (AvgIpc) is 2.26. The zero-order valence-electron chi connectivity index (χ0n) is 12.2. The van der Waals surface area contributed by atoms with Gasteiger partial charge < -0.3 is 10.0 Å². The Morgan fingerprint density at radius 3 is 2.37 bits per heavy atom. The van der Waals surface area contributed by atoms with E-state index in [4.69, 9.17) is 0 Å². The topological polar surface area (TPSA) is 40.5 Å². The summed E-state index contributed by atoms with van der Waals surface area (Å²) in [6.45, 7) is 9.17. The van der Waals surface area contributed by atoms with Crippen molar-refractivity contribution < 1.29 is 9.90 Å². The molecule has 0 aliphatic carbocycles. The number of piperidine rings is 1. The molecule has 0 aromatic heterocycles. The van der Waals surface area contributed by atoms with Gasteiger partial charge in [0.05, 0.1) is 5.92 Å². The zero-order valence-corrected chi connectivity index (χ0v) is 12.2. The fraction of sp³-hybridized carbons (Fsp3) is 0.562. The quantitative estimate of drug-likeness (QED) is 0.887. The number of carboxylic acid groups (broad SMARTS) is 1. The highest BCUT2D eigenvalue weighted by Gasteiger charge is 2.37. The highest BCUT2D eigenvalue weighted by molar-refractivity contribution is 5.71. The van der Waals surface area contributed by atoms with Gasteiger partial charge in [-0.25, -0.2) is 0 Å². The van der Waals surface area contributed by atoms with Crippen molar-refractivity contribution in [3.8, 4) is 0 Å². The number of anilines is 1. The van der Waals surface area contributed by atoms with E-state index in [0.717, 1.165) is 18.5 Å². The first kappa shape index (κ1) is 13.9. The summed E-state index contributed by atoms with van der Waals surface area (Å²) in [6, 6.07) is 6.45. The second-order valence-corrected chi connectivity index (χ2v) is 6.34. The molecule has 0 spiro atoms. The van der Waals surface area contributed by atoms with Crippen molar-refractivity contribution in [1.29, 1.82) is 0 Å². The van der Waals surface area contributed by atoms with Crippen LogP contribution in [0.1, 0.15) is 37.8 Å². The fourth-order valence-electron chi connectivity index (χ4n) is 2.98. The summed E-state index contributed by atoms with van der Waals surface area (Å²) in [7, 11) is 0. The molecule has 0 amide bonds. The minimum atomic E-state index is -0.676. The van der Waals surface area contributed by atoms with Crippen molar-refractivity contribution in [3.05, 3.63) is 29.3 Å². The van der Waals surface area contributed by atoms with E-state index in [1.54, 1.807) is 0 Å². The van der Waals surface area contributed by atoms with Crippen LogP contribution in [0.3, 0.4) is 0 Å². The molecule has 1 heterocycles. The third-order valence-corrected chi connectivity index (χ3v) is 4.11. The molecule has 2 rings (SSSR count). The van der Waals surface area contributed by atoms with Crippen LogP contribution >= 0.6 is 0 Å². The molecule has 3 nitrogen and oxygen atoms in total. The second kappa shape index (κ2) is 4.87. The minimum Gasteiger partial charge on any atom is -0.481 e. The van der Waals surface area contributed by atoms with Crippen molar-refractivity contribution in [3.63, 3.8) is 0 Å². The summed E-state index contributed by atoms with van der Waals surface area (Å²) in [5.41, 5.74) is 3.62. The van der Waals surface area contributed by atoms with Crippen LogP contribution in [0.2, 0.25) is 0 Å². The smallest absolute Gasteiger partial charge is 0.308 e. The van der Waals surface area contributed by atoms with Gasteiger partial charge >= 0.3 is 5.97 Å². The van der Waals surface area contributed by atoms with Crippen LogP contribution < -0.4 is 4.90 Å². The van der Waals surface area contributed by atoms with Gasteiger partial charge in [-0.2, -0.15) is 0 Å². The van der Waals surface area contributed by atoms with Crippen molar-refractivity contribution in [1.82, 2.24) is 0 Å². The number of benzene rings is 1. The van der Waals surface area contributed by atoms with E-state index in [0.29, 0.717) is 6.54 Å². The number of carboxylic acids is 1. The predicted molar refractivity (Wildman–Crippen MR) is 77.7 cm³/mol. The molecular weight excluding hydrogens is 238 g/mol. The Labute approximate surface area is 115 Å². The molecule has 0 radical (unpaired) electrons. The average molecular weight is 261 g/mol. The zero-order chi connectivity index (χ0) is 14.2. The first-order chi connectivity index (χ1) is 8.79. The Morgan fingerprint density at radius 2 is 1.84 bits per heavy atom. The van der Waals surface area contributed by atoms with Crippen LogP contribution in [0.25, 0.3) is 0 Å². The van der Waals surface area contributed by atoms with E-state index in [9.17, 15) is 9.90 Å². The van der Waals surface area contributed by atoms with Gasteiger partial charge in [0, 0.05) is 17.8 Å². The van der Waals surface area contributed by atoms with E-state index in [-0.39, 0.29) is 11.5 Å². The van der Waals surface area contributed by atoms with Gasteiger partial charge in [0.25, 0.3) is 0 Å². The molecule has 1 aromatic rings. The number of hydrogen-bond acceptors (Lipinski definition) is 2. The Bertz CT molecular complexity index is 473. The Morgan fingerprint density at radius 1 is 1.26 bits per heavy atom. The summed E-state index contributed by atoms with van der Waals surface area (Å²) in [5.74, 6) is -0.932. The molecule has 1 aliphatic heterocycles. The lowest BCUT2D eigenvalue weighted by molar-refractivity contribution is -0.142. The first-order valence-electron chi connectivity index (χ1n) is 6.88. The number of carbonyl (C=O) groups is 1. The maximum absolute atomic E-state index is 11.2. The summed E-state index contributed by atoms with van der Waals surface area (Å²) in [6.07, 6.45) is 1.68. The summed E-state index contributed by atoms with van der Waals surface area (Å²) < 4.78 is 0. The van der Waals surface area contributed by atoms with Gasteiger partial charge in [0.2, 0.25) is 0 Å². The maximum Gasteiger partial charge on any atom is 0.308 e. The van der Waals surface area contributed by atoms with Crippen molar-refractivity contribution >= 4 is 11.7 Å². The van der Waals surface area contributed by atoms with Crippen LogP contribution in [-0.2, 0) is 4.79 Å². The van der Waals surface area contributed by atoms with Crippen LogP contribution in [-0.4, -0.2) is 23.2 Å². The maximum atomic E-state index is 11.2. The van der Waals surface area contributed by atoms with Gasteiger partial charge in [0.15, 0.2) is 0 Å². The Hall–Kier alpha value is -1.51. The summed E-state index contributed by atoms with van der Waals surface area (Å²) in [5, 5.41) is 9.26. The van der Waals surface area contributed by atoms with Crippen molar-refractivity contribution in [2.75, 3.05) is 11.4 Å². The van der Waals surface area contributed by atoms with Gasteiger partial charge in [-0.1, -0.05) is 6.07 Å². The molecular formula is C16H23NO2. The highest BCUT2D eigenvalue weighted by Crippen LogP contribution is 2.35. The monoisotopic (exact) mass is 261 g/mol. The lowest BCUT2D eigenvalue weighted by Crippen LogP contribution is -2.52. The Balaban J connectivity index is 2.35. The first-order valence-corrected chi connectivity index (χ1v) is 6.88. The van der Waals surface area contributed by atoms with E-state index in [1.165, 1.54) is 11.1 Å². The van der Waals surface area contributed by atoms with E-state index >= 15 is 0 Å². The normalized spacial score (nSPS) is 22.3. The third-order valence-electron chi connectivity index (χ3n) is 4.11. The summed E-state index contributed by atoms with van der Waals surface area (Å²) in [4.78, 5) is 13.5. The summed E-state index contributed by atoms with van der Waals surface area (Å²) >= 11 is 0. The number of rotatable bonds is 2. The number of hydrogen-bond donors (Lipinski definition) is 1. The molecule has 1 saturated heterocycles. The van der Waals surface area contributed by atoms with Gasteiger partial charge in [-0.05, 0) is 63.8 Å². The second-order valence-electron chi connectivity index (χ2n) is 6.34. The molecule has 104 valence electrons. The Kier molecular flexibility index (Phi) is 3.57. The molecule has 1 aliphatic rings. The molecule has 1 atom stereocenters. The largest absolute Gasteiger partial charge is 0.481 e. The molecule has 19 heavy (non-hydrogen) atoms. The molecule has 1 N–H and O–H groups in total. The van der Waals surface area contributed by atoms with Crippen LogP contribution in [0, 0.1) is 19.8 Å². The molecule has 0 bridgehead atoms. The van der Waals surface area contributed by atoms with Crippen LogP contribution in [0.5, 0.6) is 0 Å². The van der Waals surface area contributed by atoms with Crippen LogP contribution in [0.4, 0.5) is 5.69 Å². The SMILES string of the molecule is Cc1cc(C)cc(N2CC(C(=O)O)CCC2(C)C)c1. The number of nitrogens with zero attached hydrogens (tertiary/aromatic N) is 1. The van der Waals surface area contributed by atoms with E-state index < -0.39 is 5.97 Å². The highest BCUT2D eigenvalue weighted by atomic mass is 16.4. The minimum absolute atomic E-state index is 0.0200. The molecule has 1 aromatic carbocycles. The number of aliphatic carboxylic acids is 1. The molecule has 1 unspecified atom stereocenters. The molecule has 0 saturated carbocycles. The lowest BCUT2D eigenvalue weighted by atomic mass is 9.84. The predicted octanol–water partition coefficient (Wildman–Crippen LogP) is 3.38. The number of aryl methyl sites for hydroxylation is 2. The third kappa shape index (κ3) is 2.91. The van der Waals surface area contributed by atoms with Gasteiger partial charge in [-0.15, -0.1) is 0 Å². The van der Waals surface area contributed by atoms with Crippen LogP contribution in [0.15, 0.2) is 18.2 Å². The van der Waals surface area contributed by atoms with Crippen molar-refractivity contribution in [2.24, 2.45) is 5.92 Å². The standard InChI is InChI=1S/C16H23NO2/c1-11-7-12(2)9-14(8-11)17-10-13(15(18)19)5-6-16(17,3)4/h7-9,13H,5-6,10H2,1-4H3,(H,18,19). The van der Waals surface area contributed by atoms with Gasteiger partial charge in [0.1, 0.15) is 0 Å². The lowest BCUT2D eigenvalue weighted by Gasteiger charge is -2.46. The van der Waals surface area contributed by atoms with Crippen molar-refractivity contribution in [2.45, 2.75) is 46.1 Å². The van der Waals surface area contributed by atoms with E-state index in [2.05, 4.69) is 50.8 Å². The molecule has 3 heteroatoms. The van der Waals surface area contributed by atoms with Gasteiger partial charge in [-0.3, -0.25) is 4.79 Å².